The van der Waals surface area contributed by atoms with Gasteiger partial charge in [0.05, 0.1) is 6.10 Å². The van der Waals surface area contributed by atoms with E-state index in [1.54, 1.807) is 0 Å². The quantitative estimate of drug-likeness (QED) is 0.798. The molecule has 0 radical (unpaired) electrons. The second-order valence-electron chi connectivity index (χ2n) is 5.03. The van der Waals surface area contributed by atoms with E-state index in [2.05, 4.69) is 44.6 Å². The lowest BCUT2D eigenvalue weighted by atomic mass is 9.90. The van der Waals surface area contributed by atoms with Crippen LogP contribution in [0.1, 0.15) is 12.0 Å². The van der Waals surface area contributed by atoms with Crippen LogP contribution < -0.4 is 5.32 Å². The number of piperidine rings is 1. The SMILES string of the molecule is OC1CCNCC1Cc1c[nH]c2ccc(Br)cc12. The molecule has 3 nitrogen and oxygen atoms in total. The number of aliphatic hydroxyl groups excluding tert-OH is 1. The largest absolute Gasteiger partial charge is 0.393 e. The van der Waals surface area contributed by atoms with Crippen molar-refractivity contribution in [2.75, 3.05) is 13.1 Å². The topological polar surface area (TPSA) is 48.0 Å². The molecule has 2 aromatic rings. The molecule has 1 fully saturated rings. The third-order valence-corrected chi connectivity index (χ3v) is 4.27. The van der Waals surface area contributed by atoms with Gasteiger partial charge in [0, 0.05) is 34.0 Å². The maximum atomic E-state index is 10.0. The summed E-state index contributed by atoms with van der Waals surface area (Å²) in [5.41, 5.74) is 2.45. The molecule has 0 saturated carbocycles. The Morgan fingerprint density at radius 1 is 1.39 bits per heavy atom. The van der Waals surface area contributed by atoms with E-state index < -0.39 is 0 Å². The third-order valence-electron chi connectivity index (χ3n) is 3.78. The summed E-state index contributed by atoms with van der Waals surface area (Å²) in [6.07, 6.45) is 3.67. The van der Waals surface area contributed by atoms with E-state index in [1.807, 2.05) is 6.07 Å². The summed E-state index contributed by atoms with van der Waals surface area (Å²) in [5.74, 6) is 0.316. The molecule has 3 rings (SSSR count). The Bertz CT molecular complexity index is 552. The number of hydrogen-bond donors (Lipinski definition) is 3. The van der Waals surface area contributed by atoms with Crippen molar-refractivity contribution < 1.29 is 5.11 Å². The highest BCUT2D eigenvalue weighted by atomic mass is 79.9. The van der Waals surface area contributed by atoms with Gasteiger partial charge in [-0.3, -0.25) is 0 Å². The first-order valence-electron chi connectivity index (χ1n) is 6.38. The second-order valence-corrected chi connectivity index (χ2v) is 5.94. The first-order valence-corrected chi connectivity index (χ1v) is 7.17. The van der Waals surface area contributed by atoms with Crippen molar-refractivity contribution in [3.8, 4) is 0 Å². The standard InChI is InChI=1S/C14H17BrN2O/c15-11-1-2-13-12(6-11)9(8-17-13)5-10-7-16-4-3-14(10)18/h1-2,6,8,10,14,16-18H,3-5,7H2. The number of halogens is 1. The first-order chi connectivity index (χ1) is 8.74. The number of rotatable bonds is 2. The van der Waals surface area contributed by atoms with Gasteiger partial charge in [0.1, 0.15) is 0 Å². The molecule has 0 aliphatic carbocycles. The summed E-state index contributed by atoms with van der Waals surface area (Å²) in [6, 6.07) is 6.27. The number of aromatic amines is 1. The van der Waals surface area contributed by atoms with E-state index >= 15 is 0 Å². The van der Waals surface area contributed by atoms with E-state index in [9.17, 15) is 5.11 Å². The van der Waals surface area contributed by atoms with Crippen LogP contribution >= 0.6 is 15.9 Å². The summed E-state index contributed by atoms with van der Waals surface area (Å²) < 4.78 is 1.10. The van der Waals surface area contributed by atoms with Crippen LogP contribution in [0, 0.1) is 5.92 Å². The summed E-state index contributed by atoms with van der Waals surface area (Å²) in [5, 5.41) is 14.6. The molecule has 2 heterocycles. The smallest absolute Gasteiger partial charge is 0.0595 e. The van der Waals surface area contributed by atoms with Crippen LogP contribution in [0.5, 0.6) is 0 Å². The summed E-state index contributed by atoms with van der Waals surface area (Å²) in [7, 11) is 0. The second kappa shape index (κ2) is 5.03. The monoisotopic (exact) mass is 308 g/mol. The molecule has 1 aliphatic heterocycles. The lowest BCUT2D eigenvalue weighted by Gasteiger charge is -2.28. The molecule has 0 bridgehead atoms. The summed E-state index contributed by atoms with van der Waals surface area (Å²) >= 11 is 3.51. The Kier molecular flexibility index (Phi) is 3.41. The maximum absolute atomic E-state index is 10.0. The minimum atomic E-state index is -0.177. The Labute approximate surface area is 115 Å². The maximum Gasteiger partial charge on any atom is 0.0595 e. The van der Waals surface area contributed by atoms with Crippen molar-refractivity contribution in [2.24, 2.45) is 5.92 Å². The average molecular weight is 309 g/mol. The molecule has 1 saturated heterocycles. The van der Waals surface area contributed by atoms with Crippen molar-refractivity contribution in [3.63, 3.8) is 0 Å². The van der Waals surface area contributed by atoms with E-state index in [-0.39, 0.29) is 6.10 Å². The van der Waals surface area contributed by atoms with Crippen LogP contribution in [0.25, 0.3) is 10.9 Å². The number of benzene rings is 1. The van der Waals surface area contributed by atoms with Gasteiger partial charge in [-0.2, -0.15) is 0 Å². The fraction of sp³-hybridized carbons (Fsp3) is 0.429. The molecular weight excluding hydrogens is 292 g/mol. The van der Waals surface area contributed by atoms with E-state index in [0.29, 0.717) is 5.92 Å². The van der Waals surface area contributed by atoms with Crippen molar-refractivity contribution >= 4 is 26.8 Å². The number of hydrogen-bond acceptors (Lipinski definition) is 2. The Balaban J connectivity index is 1.87. The van der Waals surface area contributed by atoms with Gasteiger partial charge in [-0.1, -0.05) is 15.9 Å². The molecule has 1 aliphatic rings. The van der Waals surface area contributed by atoms with Gasteiger partial charge in [-0.25, -0.2) is 0 Å². The van der Waals surface area contributed by atoms with Crippen molar-refractivity contribution in [1.29, 1.82) is 0 Å². The zero-order valence-corrected chi connectivity index (χ0v) is 11.7. The van der Waals surface area contributed by atoms with Crippen molar-refractivity contribution in [1.82, 2.24) is 10.3 Å². The van der Waals surface area contributed by atoms with Gasteiger partial charge < -0.3 is 15.4 Å². The molecule has 1 aromatic carbocycles. The molecular formula is C14H17BrN2O. The highest BCUT2D eigenvalue weighted by Gasteiger charge is 2.23. The minimum Gasteiger partial charge on any atom is -0.393 e. The highest BCUT2D eigenvalue weighted by Crippen LogP contribution is 2.26. The van der Waals surface area contributed by atoms with Crippen LogP contribution in [0.3, 0.4) is 0 Å². The van der Waals surface area contributed by atoms with Crippen LogP contribution in [0.15, 0.2) is 28.9 Å². The number of nitrogens with one attached hydrogen (secondary N) is 2. The zero-order valence-electron chi connectivity index (χ0n) is 10.1. The molecule has 0 spiro atoms. The molecule has 3 N–H and O–H groups in total. The minimum absolute atomic E-state index is 0.177. The normalized spacial score (nSPS) is 24.6. The van der Waals surface area contributed by atoms with Gasteiger partial charge in [-0.05, 0) is 43.1 Å². The summed E-state index contributed by atoms with van der Waals surface area (Å²) in [6.45, 7) is 1.83. The van der Waals surface area contributed by atoms with Crippen LogP contribution in [-0.2, 0) is 6.42 Å². The van der Waals surface area contributed by atoms with Gasteiger partial charge in [-0.15, -0.1) is 0 Å². The van der Waals surface area contributed by atoms with E-state index in [1.165, 1.54) is 10.9 Å². The molecule has 2 atom stereocenters. The molecule has 18 heavy (non-hydrogen) atoms. The molecule has 0 amide bonds. The van der Waals surface area contributed by atoms with Crippen molar-refractivity contribution in [2.45, 2.75) is 18.9 Å². The van der Waals surface area contributed by atoms with Gasteiger partial charge in [0.15, 0.2) is 0 Å². The summed E-state index contributed by atoms with van der Waals surface area (Å²) in [4.78, 5) is 3.30. The van der Waals surface area contributed by atoms with E-state index in [4.69, 9.17) is 0 Å². The zero-order chi connectivity index (χ0) is 12.5. The Hall–Kier alpha value is -0.840. The average Bonchev–Trinajstić information content (AvgIpc) is 2.75. The predicted molar refractivity (Wildman–Crippen MR) is 76.7 cm³/mol. The molecule has 96 valence electrons. The number of H-pyrrole nitrogens is 1. The fourth-order valence-corrected chi connectivity index (χ4v) is 3.08. The lowest BCUT2D eigenvalue weighted by Crippen LogP contribution is -2.40. The van der Waals surface area contributed by atoms with Crippen LogP contribution in [0.2, 0.25) is 0 Å². The third kappa shape index (κ3) is 2.32. The van der Waals surface area contributed by atoms with E-state index in [0.717, 1.165) is 35.9 Å². The van der Waals surface area contributed by atoms with Crippen LogP contribution in [-0.4, -0.2) is 29.3 Å². The number of aliphatic hydroxyl groups is 1. The Morgan fingerprint density at radius 2 is 2.28 bits per heavy atom. The first kappa shape index (κ1) is 12.2. The molecule has 2 unspecified atom stereocenters. The fourth-order valence-electron chi connectivity index (χ4n) is 2.72. The molecule has 1 aromatic heterocycles. The van der Waals surface area contributed by atoms with Gasteiger partial charge >= 0.3 is 0 Å². The molecule has 4 heteroatoms. The predicted octanol–water partition coefficient (Wildman–Crippen LogP) is 2.44. The lowest BCUT2D eigenvalue weighted by molar-refractivity contribution is 0.0793. The Morgan fingerprint density at radius 3 is 3.11 bits per heavy atom. The number of aromatic nitrogens is 1. The van der Waals surface area contributed by atoms with Gasteiger partial charge in [0.2, 0.25) is 0 Å². The highest BCUT2D eigenvalue weighted by molar-refractivity contribution is 9.10. The number of fused-ring (bicyclic) bond motifs is 1. The van der Waals surface area contributed by atoms with Gasteiger partial charge in [0.25, 0.3) is 0 Å². The van der Waals surface area contributed by atoms with Crippen molar-refractivity contribution in [3.05, 3.63) is 34.4 Å². The van der Waals surface area contributed by atoms with Crippen LogP contribution in [0.4, 0.5) is 0 Å².